The van der Waals surface area contributed by atoms with E-state index in [2.05, 4.69) is 27.8 Å². The maximum Gasteiger partial charge on any atom is 0.242 e. The third-order valence-electron chi connectivity index (χ3n) is 2.25. The number of unbranched alkanes of at least 4 members (excludes halogenated alkanes) is 1. The lowest BCUT2D eigenvalue weighted by molar-refractivity contribution is -0.122. The Labute approximate surface area is 94.4 Å². The minimum absolute atomic E-state index is 0.0453. The summed E-state index contributed by atoms with van der Waals surface area (Å²) < 4.78 is 1.38. The van der Waals surface area contributed by atoms with Crippen LogP contribution < -0.4 is 11.1 Å². The first-order valence-electron chi connectivity index (χ1n) is 5.46. The SMILES string of the molecule is CCCCC(CN)NC(=O)Cn1cnnn1. The molecule has 7 heteroatoms. The van der Waals surface area contributed by atoms with Crippen LogP contribution in [0, 0.1) is 0 Å². The van der Waals surface area contributed by atoms with Gasteiger partial charge in [0, 0.05) is 12.6 Å². The third kappa shape index (κ3) is 4.35. The fraction of sp³-hybridized carbons (Fsp3) is 0.778. The molecule has 1 atom stereocenters. The summed E-state index contributed by atoms with van der Waals surface area (Å²) in [5.41, 5.74) is 5.57. The Bertz CT molecular complexity index is 299. The number of aromatic nitrogens is 4. The van der Waals surface area contributed by atoms with Gasteiger partial charge < -0.3 is 11.1 Å². The molecule has 0 bridgehead atoms. The number of nitrogens with zero attached hydrogens (tertiary/aromatic N) is 4. The predicted octanol–water partition coefficient (Wildman–Crippen LogP) is -0.693. The standard InChI is InChI=1S/C9H18N6O/c1-2-3-4-8(5-10)12-9(16)6-15-7-11-13-14-15/h7-8H,2-6,10H2,1H3,(H,12,16). The molecule has 1 aromatic heterocycles. The van der Waals surface area contributed by atoms with Crippen LogP contribution in [0.1, 0.15) is 26.2 Å². The molecule has 0 radical (unpaired) electrons. The molecule has 0 spiro atoms. The highest BCUT2D eigenvalue weighted by Gasteiger charge is 2.10. The van der Waals surface area contributed by atoms with E-state index in [4.69, 9.17) is 5.73 Å². The topological polar surface area (TPSA) is 98.7 Å². The molecule has 1 heterocycles. The van der Waals surface area contributed by atoms with E-state index < -0.39 is 0 Å². The minimum atomic E-state index is -0.112. The lowest BCUT2D eigenvalue weighted by atomic mass is 10.1. The van der Waals surface area contributed by atoms with Crippen LogP contribution >= 0.6 is 0 Å². The highest BCUT2D eigenvalue weighted by atomic mass is 16.2. The van der Waals surface area contributed by atoms with Gasteiger partial charge in [-0.15, -0.1) is 5.10 Å². The molecular weight excluding hydrogens is 208 g/mol. The molecule has 90 valence electrons. The van der Waals surface area contributed by atoms with Crippen LogP contribution in [0.2, 0.25) is 0 Å². The Morgan fingerprint density at radius 1 is 1.62 bits per heavy atom. The maximum atomic E-state index is 11.6. The van der Waals surface area contributed by atoms with E-state index in [1.165, 1.54) is 11.0 Å². The van der Waals surface area contributed by atoms with E-state index in [1.807, 2.05) is 0 Å². The molecule has 0 aliphatic carbocycles. The summed E-state index contributed by atoms with van der Waals surface area (Å²) in [6.07, 6.45) is 4.48. The second-order valence-corrected chi connectivity index (χ2v) is 3.65. The highest BCUT2D eigenvalue weighted by Crippen LogP contribution is 1.99. The number of carbonyl (C=O) groups is 1. The van der Waals surface area contributed by atoms with E-state index >= 15 is 0 Å². The highest BCUT2D eigenvalue weighted by molar-refractivity contribution is 5.75. The molecule has 0 saturated carbocycles. The Morgan fingerprint density at radius 2 is 2.44 bits per heavy atom. The van der Waals surface area contributed by atoms with Gasteiger partial charge in [0.25, 0.3) is 0 Å². The number of nitrogens with one attached hydrogen (secondary N) is 1. The van der Waals surface area contributed by atoms with Crippen LogP contribution in [0.25, 0.3) is 0 Å². The summed E-state index contributed by atoms with van der Waals surface area (Å²) >= 11 is 0. The van der Waals surface area contributed by atoms with Crippen molar-refractivity contribution in [3.8, 4) is 0 Å². The molecule has 0 aliphatic heterocycles. The van der Waals surface area contributed by atoms with Gasteiger partial charge in [0.05, 0.1) is 0 Å². The normalized spacial score (nSPS) is 12.4. The molecular formula is C9H18N6O. The van der Waals surface area contributed by atoms with Crippen molar-refractivity contribution in [1.82, 2.24) is 25.5 Å². The number of rotatable bonds is 7. The van der Waals surface area contributed by atoms with Gasteiger partial charge in [-0.3, -0.25) is 4.79 Å². The van der Waals surface area contributed by atoms with E-state index in [0.29, 0.717) is 6.54 Å². The number of hydrogen-bond acceptors (Lipinski definition) is 5. The molecule has 0 fully saturated rings. The summed E-state index contributed by atoms with van der Waals surface area (Å²) in [4.78, 5) is 11.6. The van der Waals surface area contributed by atoms with Gasteiger partial charge >= 0.3 is 0 Å². The van der Waals surface area contributed by atoms with Gasteiger partial charge in [0.15, 0.2) is 0 Å². The largest absolute Gasteiger partial charge is 0.350 e. The van der Waals surface area contributed by atoms with E-state index in [0.717, 1.165) is 19.3 Å². The summed E-state index contributed by atoms with van der Waals surface area (Å²) in [7, 11) is 0. The monoisotopic (exact) mass is 226 g/mol. The lowest BCUT2D eigenvalue weighted by Crippen LogP contribution is -2.41. The van der Waals surface area contributed by atoms with Crippen molar-refractivity contribution in [2.75, 3.05) is 6.54 Å². The number of tetrazole rings is 1. The average Bonchev–Trinajstić information content (AvgIpc) is 2.76. The van der Waals surface area contributed by atoms with E-state index in [-0.39, 0.29) is 18.5 Å². The van der Waals surface area contributed by atoms with Crippen molar-refractivity contribution < 1.29 is 4.79 Å². The second-order valence-electron chi connectivity index (χ2n) is 3.65. The summed E-state index contributed by atoms with van der Waals surface area (Å²) in [5.74, 6) is -0.112. The molecule has 1 unspecified atom stereocenters. The van der Waals surface area contributed by atoms with Crippen molar-refractivity contribution >= 4 is 5.91 Å². The first-order chi connectivity index (χ1) is 7.76. The minimum Gasteiger partial charge on any atom is -0.350 e. The van der Waals surface area contributed by atoms with Gasteiger partial charge in [-0.05, 0) is 16.8 Å². The average molecular weight is 226 g/mol. The molecule has 16 heavy (non-hydrogen) atoms. The van der Waals surface area contributed by atoms with Gasteiger partial charge in [-0.2, -0.15) is 0 Å². The van der Waals surface area contributed by atoms with E-state index in [9.17, 15) is 4.79 Å². The van der Waals surface area contributed by atoms with Gasteiger partial charge in [-0.25, -0.2) is 4.68 Å². The van der Waals surface area contributed by atoms with Crippen molar-refractivity contribution in [3.63, 3.8) is 0 Å². The number of carbonyl (C=O) groups excluding carboxylic acids is 1. The van der Waals surface area contributed by atoms with Crippen molar-refractivity contribution in [2.24, 2.45) is 5.73 Å². The first kappa shape index (κ1) is 12.6. The van der Waals surface area contributed by atoms with Crippen molar-refractivity contribution in [1.29, 1.82) is 0 Å². The van der Waals surface area contributed by atoms with Crippen LogP contribution in [0.15, 0.2) is 6.33 Å². The lowest BCUT2D eigenvalue weighted by Gasteiger charge is -2.16. The van der Waals surface area contributed by atoms with Crippen LogP contribution in [-0.4, -0.2) is 38.7 Å². The zero-order valence-corrected chi connectivity index (χ0v) is 9.46. The molecule has 1 amide bonds. The molecule has 0 saturated heterocycles. The number of hydrogen-bond donors (Lipinski definition) is 2. The molecule has 3 N–H and O–H groups in total. The first-order valence-corrected chi connectivity index (χ1v) is 5.46. The van der Waals surface area contributed by atoms with E-state index in [1.54, 1.807) is 0 Å². The van der Waals surface area contributed by atoms with Gasteiger partial charge in [0.2, 0.25) is 5.91 Å². The summed E-state index contributed by atoms with van der Waals surface area (Å²) in [6.45, 7) is 2.70. The summed E-state index contributed by atoms with van der Waals surface area (Å²) in [5, 5.41) is 13.4. The van der Waals surface area contributed by atoms with Crippen LogP contribution in [-0.2, 0) is 11.3 Å². The van der Waals surface area contributed by atoms with Crippen molar-refractivity contribution in [3.05, 3.63) is 6.33 Å². The molecule has 1 aromatic rings. The summed E-state index contributed by atoms with van der Waals surface area (Å²) in [6, 6.07) is 0.0453. The smallest absolute Gasteiger partial charge is 0.242 e. The van der Waals surface area contributed by atoms with Crippen LogP contribution in [0.4, 0.5) is 0 Å². The predicted molar refractivity (Wildman–Crippen MR) is 58.3 cm³/mol. The molecule has 0 aliphatic rings. The maximum absolute atomic E-state index is 11.6. The fourth-order valence-electron chi connectivity index (χ4n) is 1.37. The molecule has 7 nitrogen and oxygen atoms in total. The van der Waals surface area contributed by atoms with Crippen LogP contribution in [0.5, 0.6) is 0 Å². The number of amides is 1. The Hall–Kier alpha value is -1.50. The zero-order valence-electron chi connectivity index (χ0n) is 9.46. The fourth-order valence-corrected chi connectivity index (χ4v) is 1.37. The molecule has 1 rings (SSSR count). The number of nitrogens with two attached hydrogens (primary N) is 1. The van der Waals surface area contributed by atoms with Crippen molar-refractivity contribution in [2.45, 2.75) is 38.8 Å². The Morgan fingerprint density at radius 3 is 3.00 bits per heavy atom. The van der Waals surface area contributed by atoms with Gasteiger partial charge in [0.1, 0.15) is 12.9 Å². The Balaban J connectivity index is 2.31. The third-order valence-corrected chi connectivity index (χ3v) is 2.25. The quantitative estimate of drug-likeness (QED) is 0.641. The molecule has 0 aromatic carbocycles. The van der Waals surface area contributed by atoms with Gasteiger partial charge in [-0.1, -0.05) is 19.8 Å². The zero-order chi connectivity index (χ0) is 11.8. The second kappa shape index (κ2) is 6.89. The Kier molecular flexibility index (Phi) is 5.41. The van der Waals surface area contributed by atoms with Crippen LogP contribution in [0.3, 0.4) is 0 Å².